The third-order valence-corrected chi connectivity index (χ3v) is 15.0. The lowest BCUT2D eigenvalue weighted by Gasteiger charge is -2.35. The van der Waals surface area contributed by atoms with Gasteiger partial charge in [-0.05, 0) is 117 Å². The molecule has 2 aliphatic rings. The minimum atomic E-state index is 0.0670. The van der Waals surface area contributed by atoms with Gasteiger partial charge < -0.3 is 0 Å². The molecule has 0 nitrogen and oxygen atoms in total. The van der Waals surface area contributed by atoms with Crippen LogP contribution in [0.15, 0.2) is 183 Å². The van der Waals surface area contributed by atoms with E-state index in [-0.39, 0.29) is 17.5 Å². The first-order valence-electron chi connectivity index (χ1n) is 20.9. The Hall–Kier alpha value is -5.48. The molecular formula is C56H45BS2. The van der Waals surface area contributed by atoms with Crippen molar-refractivity contribution >= 4 is 78.9 Å². The van der Waals surface area contributed by atoms with Crippen LogP contribution >= 0.6 is 23.5 Å². The van der Waals surface area contributed by atoms with Crippen molar-refractivity contribution in [2.75, 3.05) is 0 Å². The standard InChI is InChI=1S/C56H45BS2/c1-55(2,3)36-24-28-46-48(32-36)58-50-30-35(31-51-54(50)57(46)47-29-25-37(56(4,5)6)33-49(47)59-51)52-41-20-12-14-22-43(41)53(44-23-15-13-21-42(44)52)45-27-26-38(34-16-8-7-9-17-34)39-18-10-11-19-40(39)45/h7-33H,1-6H3. The fraction of sp³-hybridized carbons (Fsp3) is 0.143. The van der Waals surface area contributed by atoms with Gasteiger partial charge in [0.25, 0.3) is 0 Å². The summed E-state index contributed by atoms with van der Waals surface area (Å²) < 4.78 is 0. The first-order chi connectivity index (χ1) is 28.5. The van der Waals surface area contributed by atoms with Gasteiger partial charge >= 0.3 is 0 Å². The highest BCUT2D eigenvalue weighted by Gasteiger charge is 2.39. The highest BCUT2D eigenvalue weighted by atomic mass is 32.2. The molecule has 11 rings (SSSR count). The van der Waals surface area contributed by atoms with Crippen LogP contribution in [-0.2, 0) is 10.8 Å². The van der Waals surface area contributed by atoms with E-state index in [2.05, 4.69) is 205 Å². The highest BCUT2D eigenvalue weighted by Crippen LogP contribution is 2.49. The van der Waals surface area contributed by atoms with E-state index in [1.165, 1.54) is 113 Å². The molecule has 284 valence electrons. The lowest BCUT2D eigenvalue weighted by Crippen LogP contribution is -2.58. The minimum absolute atomic E-state index is 0.0670. The summed E-state index contributed by atoms with van der Waals surface area (Å²) in [5.74, 6) is 0. The molecule has 0 bridgehead atoms. The van der Waals surface area contributed by atoms with Crippen molar-refractivity contribution in [3.63, 3.8) is 0 Å². The van der Waals surface area contributed by atoms with Gasteiger partial charge in [0.15, 0.2) is 0 Å². The van der Waals surface area contributed by atoms with Crippen molar-refractivity contribution in [1.29, 1.82) is 0 Å². The summed E-state index contributed by atoms with van der Waals surface area (Å²) in [4.78, 5) is 5.51. The van der Waals surface area contributed by atoms with Gasteiger partial charge in [0.1, 0.15) is 0 Å². The van der Waals surface area contributed by atoms with E-state index < -0.39 is 0 Å². The third-order valence-electron chi connectivity index (χ3n) is 12.7. The van der Waals surface area contributed by atoms with E-state index in [0.29, 0.717) is 0 Å². The molecule has 0 aromatic heterocycles. The lowest BCUT2D eigenvalue weighted by molar-refractivity contribution is 0.589. The Kier molecular flexibility index (Phi) is 8.39. The van der Waals surface area contributed by atoms with Gasteiger partial charge in [0, 0.05) is 19.6 Å². The summed E-state index contributed by atoms with van der Waals surface area (Å²) in [6.45, 7) is 14.2. The van der Waals surface area contributed by atoms with Crippen molar-refractivity contribution in [3.8, 4) is 33.4 Å². The fourth-order valence-electron chi connectivity index (χ4n) is 9.69. The summed E-state index contributed by atoms with van der Waals surface area (Å²) in [5.41, 5.74) is 14.9. The SMILES string of the molecule is CC(C)(C)c1ccc2c(c1)Sc1cc(-c3c4ccccc4c(-c4ccc(-c5ccccc5)c5ccccc45)c4ccccc34)cc3c1B2c1ccc(C(C)(C)C)cc1S3. The van der Waals surface area contributed by atoms with Gasteiger partial charge in [-0.15, -0.1) is 0 Å². The Labute approximate surface area is 357 Å². The molecule has 2 aliphatic heterocycles. The molecule has 9 aromatic carbocycles. The van der Waals surface area contributed by atoms with E-state index in [0.717, 1.165) is 0 Å². The predicted octanol–water partition coefficient (Wildman–Crippen LogP) is 14.2. The molecular weight excluding hydrogens is 748 g/mol. The topological polar surface area (TPSA) is 0 Å². The van der Waals surface area contributed by atoms with Crippen LogP contribution in [0.25, 0.3) is 65.7 Å². The van der Waals surface area contributed by atoms with Crippen molar-refractivity contribution < 1.29 is 0 Å². The maximum Gasteiger partial charge on any atom is 0.247 e. The highest BCUT2D eigenvalue weighted by molar-refractivity contribution is 8.01. The maximum atomic E-state index is 2.52. The Morgan fingerprint density at radius 3 is 1.27 bits per heavy atom. The molecule has 0 atom stereocenters. The molecule has 0 fully saturated rings. The van der Waals surface area contributed by atoms with Crippen LogP contribution in [-0.4, -0.2) is 6.71 Å². The molecule has 0 amide bonds. The number of hydrogen-bond acceptors (Lipinski definition) is 2. The zero-order valence-corrected chi connectivity index (χ0v) is 36.1. The van der Waals surface area contributed by atoms with E-state index in [9.17, 15) is 0 Å². The minimum Gasteiger partial charge on any atom is -0.0911 e. The average molecular weight is 793 g/mol. The zero-order chi connectivity index (χ0) is 40.2. The third kappa shape index (κ3) is 5.92. The van der Waals surface area contributed by atoms with Crippen molar-refractivity contribution in [1.82, 2.24) is 0 Å². The fourth-order valence-corrected chi connectivity index (χ4v) is 12.3. The summed E-state index contributed by atoms with van der Waals surface area (Å²) in [6, 6.07) is 62.3. The quantitative estimate of drug-likeness (QED) is 0.129. The monoisotopic (exact) mass is 792 g/mol. The zero-order valence-electron chi connectivity index (χ0n) is 34.5. The summed E-state index contributed by atoms with van der Waals surface area (Å²) in [5, 5.41) is 7.68. The molecule has 59 heavy (non-hydrogen) atoms. The van der Waals surface area contributed by atoms with Gasteiger partial charge in [-0.2, -0.15) is 0 Å². The van der Waals surface area contributed by atoms with E-state index in [1.807, 2.05) is 23.5 Å². The van der Waals surface area contributed by atoms with Gasteiger partial charge in [0.2, 0.25) is 6.71 Å². The molecule has 0 N–H and O–H groups in total. The second-order valence-electron chi connectivity index (χ2n) is 18.4. The summed E-state index contributed by atoms with van der Waals surface area (Å²) >= 11 is 3.94. The molecule has 0 aliphatic carbocycles. The second kappa shape index (κ2) is 13.5. The first-order valence-corrected chi connectivity index (χ1v) is 22.5. The molecule has 0 saturated heterocycles. The molecule has 0 radical (unpaired) electrons. The van der Waals surface area contributed by atoms with Crippen LogP contribution in [0.5, 0.6) is 0 Å². The van der Waals surface area contributed by atoms with E-state index in [1.54, 1.807) is 0 Å². The summed E-state index contributed by atoms with van der Waals surface area (Å²) in [7, 11) is 0. The number of fused-ring (bicyclic) bond motifs is 7. The number of rotatable bonds is 3. The molecule has 0 spiro atoms. The Morgan fingerprint density at radius 2 is 0.780 bits per heavy atom. The average Bonchev–Trinajstić information content (AvgIpc) is 3.24. The van der Waals surface area contributed by atoms with Gasteiger partial charge in [-0.1, -0.05) is 216 Å². The van der Waals surface area contributed by atoms with Crippen LogP contribution in [0.3, 0.4) is 0 Å². The van der Waals surface area contributed by atoms with Gasteiger partial charge in [0.05, 0.1) is 0 Å². The Bertz CT molecular complexity index is 3040. The van der Waals surface area contributed by atoms with Crippen LogP contribution < -0.4 is 16.4 Å². The molecule has 3 heteroatoms. The van der Waals surface area contributed by atoms with Crippen molar-refractivity contribution in [3.05, 3.63) is 175 Å². The normalized spacial score (nSPS) is 13.4. The Morgan fingerprint density at radius 1 is 0.356 bits per heavy atom. The Balaban J connectivity index is 1.17. The van der Waals surface area contributed by atoms with Gasteiger partial charge in [-0.3, -0.25) is 0 Å². The maximum absolute atomic E-state index is 2.52. The molecule has 9 aromatic rings. The number of benzene rings is 9. The van der Waals surface area contributed by atoms with Crippen LogP contribution in [0, 0.1) is 0 Å². The van der Waals surface area contributed by atoms with Crippen LogP contribution in [0.1, 0.15) is 52.7 Å². The second-order valence-corrected chi connectivity index (χ2v) is 20.6. The first kappa shape index (κ1) is 36.6. The molecule has 2 heterocycles. The van der Waals surface area contributed by atoms with Crippen LogP contribution in [0.2, 0.25) is 0 Å². The van der Waals surface area contributed by atoms with Crippen molar-refractivity contribution in [2.45, 2.75) is 72.0 Å². The predicted molar refractivity (Wildman–Crippen MR) is 258 cm³/mol. The van der Waals surface area contributed by atoms with E-state index in [4.69, 9.17) is 0 Å². The van der Waals surface area contributed by atoms with E-state index >= 15 is 0 Å². The van der Waals surface area contributed by atoms with Gasteiger partial charge in [-0.25, -0.2) is 0 Å². The smallest absolute Gasteiger partial charge is 0.0911 e. The molecule has 0 unspecified atom stereocenters. The largest absolute Gasteiger partial charge is 0.247 e. The number of hydrogen-bond donors (Lipinski definition) is 0. The lowest BCUT2D eigenvalue weighted by atomic mass is 9.36. The molecule has 0 saturated carbocycles. The van der Waals surface area contributed by atoms with Crippen LogP contribution in [0.4, 0.5) is 0 Å². The van der Waals surface area contributed by atoms with Crippen molar-refractivity contribution in [2.24, 2.45) is 0 Å². The summed E-state index contributed by atoms with van der Waals surface area (Å²) in [6.07, 6.45) is 0.